The van der Waals surface area contributed by atoms with Gasteiger partial charge in [0, 0.05) is 25.7 Å². The van der Waals surface area contributed by atoms with Crippen LogP contribution in [0, 0.1) is 5.82 Å². The fourth-order valence-electron chi connectivity index (χ4n) is 3.43. The van der Waals surface area contributed by atoms with Crippen LogP contribution in [0.2, 0.25) is 0 Å². The van der Waals surface area contributed by atoms with E-state index in [1.54, 1.807) is 6.07 Å². The Balaban J connectivity index is 1.70. The lowest BCUT2D eigenvalue weighted by Crippen LogP contribution is -2.45. The number of nitrogens with zero attached hydrogens (tertiary/aromatic N) is 3. The second-order valence-electron chi connectivity index (χ2n) is 5.81. The van der Waals surface area contributed by atoms with Crippen LogP contribution in [-0.2, 0) is 0 Å². The van der Waals surface area contributed by atoms with Crippen LogP contribution in [0.4, 0.5) is 21.6 Å². The standard InChI is InChI=1S/C17H19FN4/c18-13-5-6-17(20-11-13)22-10-9-21(14-7-8-19-12-14)15-3-1-2-4-16(15)22/h1-6,11,14,19H,7-10,12H2. The second kappa shape index (κ2) is 5.57. The van der Waals surface area contributed by atoms with E-state index in [4.69, 9.17) is 0 Å². The lowest BCUT2D eigenvalue weighted by Gasteiger charge is -2.41. The Morgan fingerprint density at radius 1 is 1.09 bits per heavy atom. The van der Waals surface area contributed by atoms with Crippen LogP contribution in [0.1, 0.15) is 6.42 Å². The van der Waals surface area contributed by atoms with Gasteiger partial charge in [0.25, 0.3) is 0 Å². The summed E-state index contributed by atoms with van der Waals surface area (Å²) in [5.74, 6) is 0.505. The van der Waals surface area contributed by atoms with E-state index in [1.165, 1.54) is 24.4 Å². The Morgan fingerprint density at radius 2 is 1.95 bits per heavy atom. The molecule has 1 fully saturated rings. The molecule has 0 amide bonds. The molecule has 22 heavy (non-hydrogen) atoms. The number of hydrogen-bond acceptors (Lipinski definition) is 4. The lowest BCUT2D eigenvalue weighted by atomic mass is 10.1. The maximum Gasteiger partial charge on any atom is 0.141 e. The van der Waals surface area contributed by atoms with Gasteiger partial charge in [-0.15, -0.1) is 0 Å². The first-order chi connectivity index (χ1) is 10.8. The van der Waals surface area contributed by atoms with Crippen LogP contribution in [0.15, 0.2) is 42.6 Å². The third kappa shape index (κ3) is 2.31. The Hall–Kier alpha value is -2.14. The van der Waals surface area contributed by atoms with Gasteiger partial charge in [0.2, 0.25) is 0 Å². The molecule has 5 heteroatoms. The van der Waals surface area contributed by atoms with Gasteiger partial charge in [-0.1, -0.05) is 12.1 Å². The maximum atomic E-state index is 13.1. The molecule has 1 aromatic carbocycles. The molecule has 1 saturated heterocycles. The van der Waals surface area contributed by atoms with E-state index in [-0.39, 0.29) is 5.82 Å². The number of aromatic nitrogens is 1. The summed E-state index contributed by atoms with van der Waals surface area (Å²) < 4.78 is 13.1. The van der Waals surface area contributed by atoms with Crippen molar-refractivity contribution in [1.29, 1.82) is 0 Å². The first-order valence-corrected chi connectivity index (χ1v) is 7.78. The predicted molar refractivity (Wildman–Crippen MR) is 86.3 cm³/mol. The summed E-state index contributed by atoms with van der Waals surface area (Å²) in [6.45, 7) is 3.96. The zero-order valence-electron chi connectivity index (χ0n) is 12.4. The topological polar surface area (TPSA) is 31.4 Å². The highest BCUT2D eigenvalue weighted by atomic mass is 19.1. The Morgan fingerprint density at radius 3 is 2.68 bits per heavy atom. The molecule has 0 spiro atoms. The molecule has 3 heterocycles. The molecule has 0 bridgehead atoms. The van der Waals surface area contributed by atoms with Gasteiger partial charge in [-0.2, -0.15) is 0 Å². The third-order valence-corrected chi connectivity index (χ3v) is 4.51. The van der Waals surface area contributed by atoms with E-state index >= 15 is 0 Å². The second-order valence-corrected chi connectivity index (χ2v) is 5.81. The third-order valence-electron chi connectivity index (χ3n) is 4.51. The Bertz CT molecular complexity index is 652. The van der Waals surface area contributed by atoms with E-state index in [0.29, 0.717) is 6.04 Å². The summed E-state index contributed by atoms with van der Waals surface area (Å²) >= 11 is 0. The predicted octanol–water partition coefficient (Wildman–Crippen LogP) is 2.54. The van der Waals surface area contributed by atoms with E-state index in [1.807, 2.05) is 6.07 Å². The van der Waals surface area contributed by atoms with Gasteiger partial charge in [0.05, 0.1) is 17.6 Å². The molecule has 2 aromatic rings. The van der Waals surface area contributed by atoms with Crippen molar-refractivity contribution in [3.63, 3.8) is 0 Å². The SMILES string of the molecule is Fc1ccc(N2CCN(C3CCNC3)c3ccccc32)nc1. The van der Waals surface area contributed by atoms with Crippen LogP contribution < -0.4 is 15.1 Å². The summed E-state index contributed by atoms with van der Waals surface area (Å²) in [6, 6.07) is 12.2. The number of fused-ring (bicyclic) bond motifs is 1. The number of anilines is 3. The molecule has 0 saturated carbocycles. The average Bonchev–Trinajstić information content (AvgIpc) is 3.09. The monoisotopic (exact) mass is 298 g/mol. The minimum atomic E-state index is -0.298. The number of nitrogens with one attached hydrogen (secondary N) is 1. The molecule has 1 atom stereocenters. The number of hydrogen-bond donors (Lipinski definition) is 1. The molecule has 114 valence electrons. The van der Waals surface area contributed by atoms with Crippen molar-refractivity contribution in [2.24, 2.45) is 0 Å². The van der Waals surface area contributed by atoms with Gasteiger partial charge in [-0.25, -0.2) is 9.37 Å². The fourth-order valence-corrected chi connectivity index (χ4v) is 3.43. The van der Waals surface area contributed by atoms with Crippen molar-refractivity contribution in [2.45, 2.75) is 12.5 Å². The largest absolute Gasteiger partial charge is 0.364 e. The molecule has 2 aliphatic rings. The molecule has 4 rings (SSSR count). The highest BCUT2D eigenvalue weighted by Gasteiger charge is 2.30. The summed E-state index contributed by atoms with van der Waals surface area (Å²) in [5, 5.41) is 3.44. The van der Waals surface area contributed by atoms with Crippen molar-refractivity contribution in [3.05, 3.63) is 48.4 Å². The summed E-state index contributed by atoms with van der Waals surface area (Å²) in [4.78, 5) is 8.91. The minimum absolute atomic E-state index is 0.298. The van der Waals surface area contributed by atoms with Gasteiger partial charge >= 0.3 is 0 Å². The van der Waals surface area contributed by atoms with Crippen molar-refractivity contribution < 1.29 is 4.39 Å². The van der Waals surface area contributed by atoms with E-state index in [0.717, 1.165) is 37.7 Å². The quantitative estimate of drug-likeness (QED) is 0.923. The molecular weight excluding hydrogens is 279 g/mol. The highest BCUT2D eigenvalue weighted by Crippen LogP contribution is 2.38. The van der Waals surface area contributed by atoms with E-state index in [2.05, 4.69) is 38.3 Å². The van der Waals surface area contributed by atoms with Gasteiger partial charge in [-0.3, -0.25) is 0 Å². The smallest absolute Gasteiger partial charge is 0.141 e. The maximum absolute atomic E-state index is 13.1. The average molecular weight is 298 g/mol. The Labute approximate surface area is 129 Å². The lowest BCUT2D eigenvalue weighted by molar-refractivity contribution is 0.613. The number of benzene rings is 1. The van der Waals surface area contributed by atoms with Crippen molar-refractivity contribution >= 4 is 17.2 Å². The minimum Gasteiger partial charge on any atom is -0.364 e. The zero-order chi connectivity index (χ0) is 14.9. The van der Waals surface area contributed by atoms with Gasteiger partial charge in [-0.05, 0) is 37.2 Å². The summed E-state index contributed by atoms with van der Waals surface area (Å²) in [6.07, 6.45) is 2.47. The van der Waals surface area contributed by atoms with Crippen LogP contribution in [-0.4, -0.2) is 37.2 Å². The van der Waals surface area contributed by atoms with Crippen LogP contribution in [0.3, 0.4) is 0 Å². The van der Waals surface area contributed by atoms with Crippen molar-refractivity contribution in [2.75, 3.05) is 36.0 Å². The fraction of sp³-hybridized carbons (Fsp3) is 0.353. The number of halogens is 1. The van der Waals surface area contributed by atoms with Crippen molar-refractivity contribution in [3.8, 4) is 0 Å². The van der Waals surface area contributed by atoms with Gasteiger partial charge in [0.15, 0.2) is 0 Å². The molecular formula is C17H19FN4. The molecule has 4 nitrogen and oxygen atoms in total. The van der Waals surface area contributed by atoms with Crippen LogP contribution >= 0.6 is 0 Å². The van der Waals surface area contributed by atoms with Gasteiger partial charge < -0.3 is 15.1 Å². The van der Waals surface area contributed by atoms with Gasteiger partial charge in [0.1, 0.15) is 11.6 Å². The molecule has 0 aliphatic carbocycles. The van der Waals surface area contributed by atoms with Crippen LogP contribution in [0.25, 0.3) is 0 Å². The normalized spacial score (nSPS) is 21.0. The summed E-state index contributed by atoms with van der Waals surface area (Å²) in [7, 11) is 0. The van der Waals surface area contributed by atoms with Crippen molar-refractivity contribution in [1.82, 2.24) is 10.3 Å². The van der Waals surface area contributed by atoms with Crippen LogP contribution in [0.5, 0.6) is 0 Å². The zero-order valence-corrected chi connectivity index (χ0v) is 12.4. The highest BCUT2D eigenvalue weighted by molar-refractivity contribution is 5.78. The molecule has 0 radical (unpaired) electrons. The molecule has 1 unspecified atom stereocenters. The number of pyridine rings is 1. The number of rotatable bonds is 2. The first-order valence-electron chi connectivity index (χ1n) is 7.78. The molecule has 2 aliphatic heterocycles. The molecule has 1 N–H and O–H groups in total. The van der Waals surface area contributed by atoms with E-state index in [9.17, 15) is 4.39 Å². The summed E-state index contributed by atoms with van der Waals surface area (Å²) in [5.41, 5.74) is 2.40. The number of para-hydroxylation sites is 2. The Kier molecular flexibility index (Phi) is 3.42. The molecule has 1 aromatic heterocycles. The van der Waals surface area contributed by atoms with E-state index < -0.39 is 0 Å². The first kappa shape index (κ1) is 13.5.